The van der Waals surface area contributed by atoms with E-state index in [2.05, 4.69) is 21.0 Å². The lowest BCUT2D eigenvalue weighted by atomic mass is 10.1. The number of urea groups is 1. The first-order valence-corrected chi connectivity index (χ1v) is 9.58. The Balaban J connectivity index is 1.65. The molecule has 3 heterocycles. The number of nitrogens with one attached hydrogen (secondary N) is 3. The zero-order chi connectivity index (χ0) is 20.8. The van der Waals surface area contributed by atoms with Crippen LogP contribution in [0.4, 0.5) is 10.6 Å². The zero-order valence-corrected chi connectivity index (χ0v) is 16.1. The van der Waals surface area contributed by atoms with Crippen LogP contribution >= 0.6 is 0 Å². The van der Waals surface area contributed by atoms with Gasteiger partial charge in [0, 0.05) is 28.8 Å². The number of anilines is 1. The van der Waals surface area contributed by atoms with Gasteiger partial charge in [0.25, 0.3) is 5.91 Å². The molecular weight excluding hydrogens is 384 g/mol. The molecular formula is C21H18N6O3. The predicted molar refractivity (Wildman–Crippen MR) is 110 cm³/mol. The van der Waals surface area contributed by atoms with Gasteiger partial charge in [0.15, 0.2) is 11.4 Å². The number of hydrogen-bond acceptors (Lipinski definition) is 6. The monoisotopic (exact) mass is 402 g/mol. The molecule has 3 aromatic rings. The highest BCUT2D eigenvalue weighted by molar-refractivity contribution is 6.14. The number of hydrogen-bond donors (Lipinski definition) is 3. The van der Waals surface area contributed by atoms with Crippen molar-refractivity contribution in [2.45, 2.75) is 25.8 Å². The first-order valence-electron chi connectivity index (χ1n) is 9.58. The van der Waals surface area contributed by atoms with Gasteiger partial charge in [0.2, 0.25) is 0 Å². The Morgan fingerprint density at radius 1 is 1.23 bits per heavy atom. The Kier molecular flexibility index (Phi) is 4.09. The van der Waals surface area contributed by atoms with Gasteiger partial charge in [0.05, 0.1) is 11.9 Å². The van der Waals surface area contributed by atoms with E-state index >= 15 is 0 Å². The summed E-state index contributed by atoms with van der Waals surface area (Å²) in [5.74, 6) is 0.253. The Labute approximate surface area is 171 Å². The van der Waals surface area contributed by atoms with Crippen LogP contribution in [0.15, 0.2) is 42.2 Å². The molecule has 9 heteroatoms. The number of Topliss-reactive ketones (excluding diaryl/α,β-unsaturated/α-hetero) is 1. The number of benzene rings is 1. The fourth-order valence-electron chi connectivity index (χ4n) is 3.30. The maximum atomic E-state index is 11.9. The molecule has 2 fully saturated rings. The smallest absolute Gasteiger partial charge is 0.326 e. The first-order chi connectivity index (χ1) is 14.5. The van der Waals surface area contributed by atoms with E-state index in [4.69, 9.17) is 4.98 Å². The molecule has 3 amide bonds. The van der Waals surface area contributed by atoms with E-state index in [1.165, 1.54) is 6.92 Å². The SMILES string of the molecule is CC(=O)c1cccc(-c2cc(NC3CC3)n3ncc(/C=C4\NC(=O)NC4=O)c3n2)c1. The summed E-state index contributed by atoms with van der Waals surface area (Å²) in [6.07, 6.45) is 5.32. The Hall–Kier alpha value is -4.01. The Bertz CT molecular complexity index is 1250. The van der Waals surface area contributed by atoms with Gasteiger partial charge in [-0.05, 0) is 31.9 Å². The van der Waals surface area contributed by atoms with Gasteiger partial charge in [0.1, 0.15) is 11.5 Å². The first kappa shape index (κ1) is 18.0. The number of fused-ring (bicyclic) bond motifs is 1. The number of imide groups is 1. The Morgan fingerprint density at radius 3 is 2.77 bits per heavy atom. The van der Waals surface area contributed by atoms with Gasteiger partial charge < -0.3 is 10.6 Å². The summed E-state index contributed by atoms with van der Waals surface area (Å²) in [7, 11) is 0. The summed E-state index contributed by atoms with van der Waals surface area (Å²) >= 11 is 0. The number of rotatable bonds is 5. The second-order valence-corrected chi connectivity index (χ2v) is 7.38. The lowest BCUT2D eigenvalue weighted by molar-refractivity contribution is -0.115. The maximum Gasteiger partial charge on any atom is 0.326 e. The fraction of sp³-hybridized carbons (Fsp3) is 0.190. The molecule has 9 nitrogen and oxygen atoms in total. The van der Waals surface area contributed by atoms with Crippen molar-refractivity contribution in [1.29, 1.82) is 0 Å². The third-order valence-corrected chi connectivity index (χ3v) is 5.01. The second kappa shape index (κ2) is 6.80. The van der Waals surface area contributed by atoms with Gasteiger partial charge in [-0.2, -0.15) is 9.61 Å². The standard InChI is InChI=1S/C21H18N6O3/c1-11(28)12-3-2-4-13(7-12)16-9-18(23-15-5-6-15)27-19(24-16)14(10-22-27)8-17-20(29)26-21(30)25-17/h2-4,7-10,15,23H,5-6H2,1H3,(H2,25,26,29,30)/b17-8-. The van der Waals surface area contributed by atoms with Gasteiger partial charge in [-0.25, -0.2) is 9.78 Å². The van der Waals surface area contributed by atoms with Crippen molar-refractivity contribution in [3.8, 4) is 11.3 Å². The zero-order valence-electron chi connectivity index (χ0n) is 16.1. The van der Waals surface area contributed by atoms with Gasteiger partial charge in [-0.3, -0.25) is 14.9 Å². The minimum Gasteiger partial charge on any atom is -0.367 e. The summed E-state index contributed by atoms with van der Waals surface area (Å²) in [6, 6.07) is 9.02. The maximum absolute atomic E-state index is 11.9. The van der Waals surface area contributed by atoms with Crippen molar-refractivity contribution < 1.29 is 14.4 Å². The normalized spacial score (nSPS) is 17.3. The largest absolute Gasteiger partial charge is 0.367 e. The van der Waals surface area contributed by atoms with Crippen LogP contribution in [0.25, 0.3) is 23.0 Å². The third-order valence-electron chi connectivity index (χ3n) is 5.01. The average molecular weight is 402 g/mol. The van der Waals surface area contributed by atoms with Crippen molar-refractivity contribution in [3.05, 3.63) is 53.4 Å². The summed E-state index contributed by atoms with van der Waals surface area (Å²) < 4.78 is 1.68. The Morgan fingerprint density at radius 2 is 2.07 bits per heavy atom. The lowest BCUT2D eigenvalue weighted by Crippen LogP contribution is -2.22. The minimum absolute atomic E-state index is 0.0213. The van der Waals surface area contributed by atoms with Crippen LogP contribution in [0, 0.1) is 0 Å². The van der Waals surface area contributed by atoms with Crippen molar-refractivity contribution in [3.63, 3.8) is 0 Å². The highest BCUT2D eigenvalue weighted by Crippen LogP contribution is 2.29. The molecule has 1 saturated carbocycles. The van der Waals surface area contributed by atoms with Crippen molar-refractivity contribution in [2.75, 3.05) is 5.32 Å². The van der Waals surface area contributed by atoms with E-state index in [9.17, 15) is 14.4 Å². The van der Waals surface area contributed by atoms with Crippen LogP contribution in [-0.2, 0) is 4.79 Å². The molecule has 3 N–H and O–H groups in total. The van der Waals surface area contributed by atoms with Crippen molar-refractivity contribution in [1.82, 2.24) is 25.2 Å². The molecule has 0 spiro atoms. The molecule has 150 valence electrons. The minimum atomic E-state index is -0.562. The molecule has 0 unspecified atom stereocenters. The van der Waals surface area contributed by atoms with E-state index in [0.717, 1.165) is 24.2 Å². The molecule has 2 aromatic heterocycles. The number of ketones is 1. The van der Waals surface area contributed by atoms with Crippen LogP contribution in [0.2, 0.25) is 0 Å². The second-order valence-electron chi connectivity index (χ2n) is 7.38. The van der Waals surface area contributed by atoms with E-state index in [-0.39, 0.29) is 11.5 Å². The molecule has 1 saturated heterocycles. The molecule has 1 aromatic carbocycles. The van der Waals surface area contributed by atoms with Crippen LogP contribution in [0.5, 0.6) is 0 Å². The highest BCUT2D eigenvalue weighted by Gasteiger charge is 2.25. The summed E-state index contributed by atoms with van der Waals surface area (Å²) in [5.41, 5.74) is 3.34. The number of amides is 3. The summed E-state index contributed by atoms with van der Waals surface area (Å²) in [5, 5.41) is 12.5. The highest BCUT2D eigenvalue weighted by atomic mass is 16.2. The van der Waals surface area contributed by atoms with Crippen molar-refractivity contribution >= 4 is 35.3 Å². The quantitative estimate of drug-likeness (QED) is 0.343. The molecule has 0 radical (unpaired) electrons. The predicted octanol–water partition coefficient (Wildman–Crippen LogP) is 2.35. The van der Waals surface area contributed by atoms with Gasteiger partial charge in [-0.15, -0.1) is 0 Å². The van der Waals surface area contributed by atoms with E-state index < -0.39 is 11.9 Å². The van der Waals surface area contributed by atoms with Crippen molar-refractivity contribution in [2.24, 2.45) is 0 Å². The molecule has 5 rings (SSSR count). The number of aromatic nitrogens is 3. The average Bonchev–Trinajstić information content (AvgIpc) is 3.36. The summed E-state index contributed by atoms with van der Waals surface area (Å²) in [6.45, 7) is 1.53. The number of carbonyl (C=O) groups excluding carboxylic acids is 3. The summed E-state index contributed by atoms with van der Waals surface area (Å²) in [4.78, 5) is 39.8. The molecule has 2 aliphatic rings. The van der Waals surface area contributed by atoms with E-state index in [0.29, 0.717) is 28.5 Å². The van der Waals surface area contributed by atoms with Gasteiger partial charge >= 0.3 is 6.03 Å². The van der Waals surface area contributed by atoms with E-state index in [1.807, 2.05) is 18.2 Å². The van der Waals surface area contributed by atoms with Crippen LogP contribution in [0.3, 0.4) is 0 Å². The van der Waals surface area contributed by atoms with Crippen LogP contribution < -0.4 is 16.0 Å². The molecule has 0 atom stereocenters. The third kappa shape index (κ3) is 3.30. The van der Waals surface area contributed by atoms with E-state index in [1.54, 1.807) is 28.9 Å². The molecule has 0 bridgehead atoms. The topological polar surface area (TPSA) is 117 Å². The van der Waals surface area contributed by atoms with Gasteiger partial charge in [-0.1, -0.05) is 18.2 Å². The lowest BCUT2D eigenvalue weighted by Gasteiger charge is -2.11. The van der Waals surface area contributed by atoms with Crippen LogP contribution in [-0.4, -0.2) is 38.4 Å². The number of carbonyl (C=O) groups is 3. The molecule has 1 aliphatic carbocycles. The fourth-order valence-corrected chi connectivity index (χ4v) is 3.30. The van der Waals surface area contributed by atoms with Crippen LogP contribution in [0.1, 0.15) is 35.7 Å². The number of nitrogens with zero attached hydrogens (tertiary/aromatic N) is 3. The molecule has 30 heavy (non-hydrogen) atoms. The molecule has 1 aliphatic heterocycles.